The minimum Gasteiger partial charge on any atom is -0.489 e. The van der Waals surface area contributed by atoms with E-state index in [0.29, 0.717) is 6.61 Å². The summed E-state index contributed by atoms with van der Waals surface area (Å²) in [5, 5.41) is 15.8. The van der Waals surface area contributed by atoms with E-state index in [-0.39, 0.29) is 0 Å². The fourth-order valence-electron chi connectivity index (χ4n) is 2.56. The minimum absolute atomic E-state index is 0.583. The monoisotopic (exact) mass is 383 g/mol. The second kappa shape index (κ2) is 10.1. The van der Waals surface area contributed by atoms with Crippen molar-refractivity contribution in [2.24, 2.45) is 7.05 Å². The average Bonchev–Trinajstić information content (AvgIpc) is 3.10. The van der Waals surface area contributed by atoms with E-state index in [4.69, 9.17) is 4.74 Å². The molecule has 0 spiro atoms. The smallest absolute Gasteiger partial charge is 0.209 e. The van der Waals surface area contributed by atoms with Crippen LogP contribution in [0.5, 0.6) is 5.75 Å². The van der Waals surface area contributed by atoms with Crippen molar-refractivity contribution in [2.75, 3.05) is 12.3 Å². The maximum Gasteiger partial charge on any atom is 0.209 e. The van der Waals surface area contributed by atoms with Crippen molar-refractivity contribution in [3.63, 3.8) is 0 Å². The lowest BCUT2D eigenvalue weighted by molar-refractivity contribution is 0.302. The summed E-state index contributed by atoms with van der Waals surface area (Å²) in [4.78, 5) is 0. The van der Waals surface area contributed by atoms with E-state index in [0.717, 1.165) is 36.2 Å². The van der Waals surface area contributed by atoms with Crippen LogP contribution in [0.3, 0.4) is 0 Å². The normalized spacial score (nSPS) is 10.9. The maximum atomic E-state index is 6.03. The van der Waals surface area contributed by atoms with Crippen LogP contribution in [0.1, 0.15) is 23.1 Å². The van der Waals surface area contributed by atoms with Gasteiger partial charge < -0.3 is 10.1 Å². The van der Waals surface area contributed by atoms with Crippen molar-refractivity contribution >= 4 is 11.8 Å². The Hall–Kier alpha value is -2.38. The van der Waals surface area contributed by atoms with E-state index in [1.54, 1.807) is 16.4 Å². The highest BCUT2D eigenvalue weighted by Gasteiger charge is 2.04. The van der Waals surface area contributed by atoms with E-state index < -0.39 is 0 Å². The van der Waals surface area contributed by atoms with Crippen molar-refractivity contribution < 1.29 is 4.74 Å². The van der Waals surface area contributed by atoms with Crippen LogP contribution < -0.4 is 10.1 Å². The van der Waals surface area contributed by atoms with E-state index >= 15 is 0 Å². The molecule has 0 saturated carbocycles. The van der Waals surface area contributed by atoms with Crippen molar-refractivity contribution in [1.82, 2.24) is 25.5 Å². The first-order valence-electron chi connectivity index (χ1n) is 9.04. The lowest BCUT2D eigenvalue weighted by Gasteiger charge is -2.12. The molecule has 0 aliphatic rings. The van der Waals surface area contributed by atoms with Gasteiger partial charge in [0.2, 0.25) is 5.16 Å². The molecule has 0 atom stereocenters. The van der Waals surface area contributed by atoms with Gasteiger partial charge in [-0.25, -0.2) is 4.68 Å². The topological polar surface area (TPSA) is 64.9 Å². The average molecular weight is 384 g/mol. The van der Waals surface area contributed by atoms with Gasteiger partial charge in [-0.15, -0.1) is 5.10 Å². The third-order valence-corrected chi connectivity index (χ3v) is 5.21. The number of aryl methyl sites for hydroxylation is 2. The van der Waals surface area contributed by atoms with Crippen molar-refractivity contribution in [3.05, 3.63) is 65.2 Å². The molecule has 3 aromatic rings. The van der Waals surface area contributed by atoms with E-state index in [1.165, 1.54) is 16.7 Å². The van der Waals surface area contributed by atoms with E-state index in [9.17, 15) is 0 Å². The van der Waals surface area contributed by atoms with Crippen LogP contribution in [-0.2, 0) is 20.2 Å². The quantitative estimate of drug-likeness (QED) is 0.428. The molecule has 0 aliphatic heterocycles. The Kier molecular flexibility index (Phi) is 7.24. The number of nitrogens with one attached hydrogen (secondary N) is 1. The summed E-state index contributed by atoms with van der Waals surface area (Å²) in [6.45, 7) is 4.40. The Bertz CT molecular complexity index is 834. The number of nitrogens with zero attached hydrogens (tertiary/aromatic N) is 4. The zero-order valence-corrected chi connectivity index (χ0v) is 16.6. The largest absolute Gasteiger partial charge is 0.489 e. The van der Waals surface area contributed by atoms with Crippen LogP contribution >= 0.6 is 11.8 Å². The number of benzene rings is 2. The lowest BCUT2D eigenvalue weighted by atomic mass is 10.1. The Balaban J connectivity index is 1.40. The van der Waals surface area contributed by atoms with Gasteiger partial charge in [-0.2, -0.15) is 0 Å². The van der Waals surface area contributed by atoms with Gasteiger partial charge in [-0.3, -0.25) is 0 Å². The number of rotatable bonds is 10. The van der Waals surface area contributed by atoms with Crippen LogP contribution in [0.25, 0.3) is 0 Å². The minimum atomic E-state index is 0.583. The Morgan fingerprint density at radius 1 is 1.11 bits per heavy atom. The second-order valence-corrected chi connectivity index (χ2v) is 7.41. The third-order valence-electron chi connectivity index (χ3n) is 4.11. The van der Waals surface area contributed by atoms with Crippen LogP contribution in [-0.4, -0.2) is 32.5 Å². The molecule has 0 amide bonds. The summed E-state index contributed by atoms with van der Waals surface area (Å²) in [7, 11) is 1.86. The predicted octanol–water partition coefficient (Wildman–Crippen LogP) is 3.37. The molecular weight excluding hydrogens is 358 g/mol. The van der Waals surface area contributed by atoms with Gasteiger partial charge >= 0.3 is 0 Å². The molecule has 6 nitrogen and oxygen atoms in total. The lowest BCUT2D eigenvalue weighted by Crippen LogP contribution is -2.16. The Morgan fingerprint density at radius 3 is 2.70 bits per heavy atom. The SMILES string of the molecule is Cc1ccc(COc2ccccc2CNCCCSc2nnnn2C)cc1. The zero-order valence-electron chi connectivity index (χ0n) is 15.8. The highest BCUT2D eigenvalue weighted by Crippen LogP contribution is 2.19. The molecule has 0 aliphatic carbocycles. The Labute approximate surface area is 164 Å². The number of thioether (sulfide) groups is 1. The summed E-state index contributed by atoms with van der Waals surface area (Å²) >= 11 is 1.67. The molecule has 2 aromatic carbocycles. The molecule has 0 saturated heterocycles. The van der Waals surface area contributed by atoms with Gasteiger partial charge in [0.1, 0.15) is 12.4 Å². The summed E-state index contributed by atoms with van der Waals surface area (Å²) < 4.78 is 7.73. The van der Waals surface area contributed by atoms with Gasteiger partial charge in [0.15, 0.2) is 0 Å². The molecule has 3 rings (SSSR count). The first-order valence-corrected chi connectivity index (χ1v) is 10.0. The third kappa shape index (κ3) is 6.08. The molecule has 7 heteroatoms. The van der Waals surface area contributed by atoms with E-state index in [2.05, 4.69) is 58.1 Å². The van der Waals surface area contributed by atoms with Crippen LogP contribution in [0, 0.1) is 6.92 Å². The number of hydrogen-bond acceptors (Lipinski definition) is 6. The Morgan fingerprint density at radius 2 is 1.93 bits per heavy atom. The first-order chi connectivity index (χ1) is 13.2. The van der Waals surface area contributed by atoms with Crippen LogP contribution in [0.2, 0.25) is 0 Å². The molecule has 1 aromatic heterocycles. The van der Waals surface area contributed by atoms with Gasteiger partial charge in [-0.05, 0) is 41.9 Å². The van der Waals surface area contributed by atoms with Crippen LogP contribution in [0.15, 0.2) is 53.7 Å². The fraction of sp³-hybridized carbons (Fsp3) is 0.350. The van der Waals surface area contributed by atoms with Gasteiger partial charge in [0, 0.05) is 24.9 Å². The summed E-state index contributed by atoms with van der Waals surface area (Å²) in [5.41, 5.74) is 3.62. The molecule has 27 heavy (non-hydrogen) atoms. The number of para-hydroxylation sites is 1. The van der Waals surface area contributed by atoms with Crippen molar-refractivity contribution in [1.29, 1.82) is 0 Å². The maximum absolute atomic E-state index is 6.03. The highest BCUT2D eigenvalue weighted by atomic mass is 32.2. The molecule has 0 radical (unpaired) electrons. The first kappa shape index (κ1) is 19.4. The number of aromatic nitrogens is 4. The van der Waals surface area contributed by atoms with Crippen LogP contribution in [0.4, 0.5) is 0 Å². The molecule has 0 bridgehead atoms. The molecular formula is C20H25N5OS. The fourth-order valence-corrected chi connectivity index (χ4v) is 3.35. The predicted molar refractivity (Wildman–Crippen MR) is 108 cm³/mol. The molecule has 142 valence electrons. The van der Waals surface area contributed by atoms with Gasteiger partial charge in [-0.1, -0.05) is 59.8 Å². The summed E-state index contributed by atoms with van der Waals surface area (Å²) in [6.07, 6.45) is 1.05. The van der Waals surface area contributed by atoms with Crippen molar-refractivity contribution in [2.45, 2.75) is 31.7 Å². The van der Waals surface area contributed by atoms with E-state index in [1.807, 2.05) is 25.2 Å². The number of ether oxygens (including phenoxy) is 1. The summed E-state index contributed by atoms with van der Waals surface area (Å²) in [6, 6.07) is 16.6. The van der Waals surface area contributed by atoms with Gasteiger partial charge in [0.05, 0.1) is 0 Å². The second-order valence-electron chi connectivity index (χ2n) is 6.35. The molecule has 1 heterocycles. The molecule has 0 unspecified atom stereocenters. The molecule has 1 N–H and O–H groups in total. The van der Waals surface area contributed by atoms with Crippen molar-refractivity contribution in [3.8, 4) is 5.75 Å². The standard InChI is InChI=1S/C20H25N5OS/c1-16-8-10-17(11-9-16)15-26-19-7-4-3-6-18(19)14-21-12-5-13-27-20-22-23-24-25(20)2/h3-4,6-11,21H,5,12-15H2,1-2H3. The van der Waals surface area contributed by atoms with Gasteiger partial charge in [0.25, 0.3) is 0 Å². The number of hydrogen-bond donors (Lipinski definition) is 1. The number of tetrazole rings is 1. The zero-order chi connectivity index (χ0) is 18.9. The molecule has 0 fully saturated rings. The highest BCUT2D eigenvalue weighted by molar-refractivity contribution is 7.99. The summed E-state index contributed by atoms with van der Waals surface area (Å²) in [5.74, 6) is 1.91.